The molecule has 1 aromatic rings. The van der Waals surface area contributed by atoms with Crippen LogP contribution in [0, 0.1) is 29.1 Å². The zero-order valence-electron chi connectivity index (χ0n) is 10.3. The van der Waals surface area contributed by atoms with Crippen molar-refractivity contribution in [1.29, 1.82) is 0 Å². The molecule has 21 heavy (non-hydrogen) atoms. The first-order valence-corrected chi connectivity index (χ1v) is 7.09. The predicted molar refractivity (Wildman–Crippen MR) is 60.5 cm³/mol. The van der Waals surface area contributed by atoms with Crippen molar-refractivity contribution in [3.05, 3.63) is 29.1 Å². The summed E-state index contributed by atoms with van der Waals surface area (Å²) in [5.41, 5.74) is 0. The Bertz CT molecular complexity index is 593. The van der Waals surface area contributed by atoms with Gasteiger partial charge in [-0.25, -0.2) is 26.7 Å². The number of hydrogen-bond donors (Lipinski definition) is 1. The second-order valence-corrected chi connectivity index (χ2v) is 5.46. The minimum absolute atomic E-state index is 0.306. The Balaban J connectivity index is 2.57. The topological polar surface area (TPSA) is 78.6 Å². The Morgan fingerprint density at radius 1 is 0.810 bits per heavy atom. The zero-order chi connectivity index (χ0) is 16.2. The fraction of sp³-hybridized carbons (Fsp3) is 0.400. The van der Waals surface area contributed by atoms with Gasteiger partial charge >= 0.3 is 0 Å². The molecule has 0 aromatic heterocycles. The molecule has 0 spiro atoms. The molecule has 0 saturated heterocycles. The Labute approximate surface area is 116 Å². The van der Waals surface area contributed by atoms with Crippen LogP contribution in [0.2, 0.25) is 0 Å². The fourth-order valence-electron chi connectivity index (χ4n) is 1.19. The summed E-state index contributed by atoms with van der Waals surface area (Å²) in [4.78, 5) is 0. The van der Waals surface area contributed by atoms with Crippen LogP contribution in [0.4, 0.5) is 22.0 Å². The molecule has 1 rings (SSSR count). The van der Waals surface area contributed by atoms with Crippen LogP contribution in [0.15, 0.2) is 0 Å². The lowest BCUT2D eigenvalue weighted by molar-refractivity contribution is 0.106. The van der Waals surface area contributed by atoms with Crippen molar-refractivity contribution in [3.8, 4) is 5.75 Å². The minimum Gasteiger partial charge on any atom is -0.485 e. The summed E-state index contributed by atoms with van der Waals surface area (Å²) >= 11 is 0. The number of nitrogens with two attached hydrogens (primary N) is 1. The summed E-state index contributed by atoms with van der Waals surface area (Å²) in [6.07, 6.45) is 0. The molecule has 0 saturated carbocycles. The third-order valence-electron chi connectivity index (χ3n) is 2.16. The van der Waals surface area contributed by atoms with E-state index in [1.54, 1.807) is 0 Å². The van der Waals surface area contributed by atoms with Gasteiger partial charge in [0.1, 0.15) is 6.61 Å². The van der Waals surface area contributed by atoms with Gasteiger partial charge in [-0.2, -0.15) is 8.78 Å². The van der Waals surface area contributed by atoms with Crippen molar-refractivity contribution in [1.82, 2.24) is 0 Å². The molecular formula is C10H10F5NO4S. The average molecular weight is 335 g/mol. The van der Waals surface area contributed by atoms with Crippen LogP contribution in [0.1, 0.15) is 0 Å². The van der Waals surface area contributed by atoms with Crippen LogP contribution < -0.4 is 9.88 Å². The van der Waals surface area contributed by atoms with Crippen molar-refractivity contribution >= 4 is 10.0 Å². The monoisotopic (exact) mass is 335 g/mol. The molecule has 0 fully saturated rings. The molecule has 2 N–H and O–H groups in total. The van der Waals surface area contributed by atoms with Gasteiger partial charge in [0.2, 0.25) is 39.1 Å². The molecule has 0 aliphatic heterocycles. The number of hydrogen-bond acceptors (Lipinski definition) is 4. The molecule has 0 atom stereocenters. The zero-order valence-corrected chi connectivity index (χ0v) is 11.2. The van der Waals surface area contributed by atoms with Crippen molar-refractivity contribution in [3.63, 3.8) is 0 Å². The molecule has 0 amide bonds. The van der Waals surface area contributed by atoms with Crippen LogP contribution in [-0.2, 0) is 14.8 Å². The lowest BCUT2D eigenvalue weighted by Gasteiger charge is -2.10. The highest BCUT2D eigenvalue weighted by Gasteiger charge is 2.26. The third-order valence-corrected chi connectivity index (χ3v) is 2.89. The van der Waals surface area contributed by atoms with Gasteiger partial charge < -0.3 is 9.47 Å². The van der Waals surface area contributed by atoms with E-state index >= 15 is 0 Å². The number of ether oxygens (including phenoxy) is 2. The van der Waals surface area contributed by atoms with Crippen molar-refractivity contribution in [2.75, 3.05) is 25.6 Å². The standard InChI is InChI=1S/C10H10F5NO4S/c11-5-6(12)8(14)10(9(15)7(5)13)20-2-1-19-3-4-21(16,17)18/h1-4H2,(H2,16,17,18). The Kier molecular flexibility index (Phi) is 5.87. The molecule has 0 bridgehead atoms. The number of halogens is 5. The average Bonchev–Trinajstić information content (AvgIpc) is 2.40. The van der Waals surface area contributed by atoms with E-state index in [0.29, 0.717) is 0 Å². The molecule has 0 unspecified atom stereocenters. The molecule has 0 aliphatic carbocycles. The van der Waals surface area contributed by atoms with Crippen molar-refractivity contribution < 1.29 is 39.8 Å². The van der Waals surface area contributed by atoms with Crippen LogP contribution in [-0.4, -0.2) is 34.0 Å². The summed E-state index contributed by atoms with van der Waals surface area (Å²) < 4.78 is 94.8. The number of primary sulfonamides is 1. The van der Waals surface area contributed by atoms with Crippen LogP contribution in [0.3, 0.4) is 0 Å². The first-order valence-electron chi connectivity index (χ1n) is 5.37. The van der Waals surface area contributed by atoms with Gasteiger partial charge in [0.25, 0.3) is 0 Å². The Hall–Kier alpha value is -1.46. The Morgan fingerprint density at radius 3 is 1.76 bits per heavy atom. The second kappa shape index (κ2) is 7.00. The van der Waals surface area contributed by atoms with Gasteiger partial charge in [0, 0.05) is 0 Å². The SMILES string of the molecule is NS(=O)(=O)CCOCCOc1c(F)c(F)c(F)c(F)c1F. The second-order valence-electron chi connectivity index (χ2n) is 3.73. The maximum absolute atomic E-state index is 13.2. The van der Waals surface area contributed by atoms with Crippen molar-refractivity contribution in [2.24, 2.45) is 5.14 Å². The molecular weight excluding hydrogens is 325 g/mol. The van der Waals surface area contributed by atoms with Gasteiger partial charge in [0.15, 0.2) is 5.75 Å². The highest BCUT2D eigenvalue weighted by Crippen LogP contribution is 2.28. The van der Waals surface area contributed by atoms with E-state index in [1.807, 2.05) is 0 Å². The number of rotatable bonds is 7. The normalized spacial score (nSPS) is 11.7. The van der Waals surface area contributed by atoms with Crippen molar-refractivity contribution in [2.45, 2.75) is 0 Å². The molecule has 11 heteroatoms. The molecule has 0 aliphatic rings. The van der Waals surface area contributed by atoms with Gasteiger partial charge in [0.05, 0.1) is 19.0 Å². The van der Waals surface area contributed by atoms with E-state index in [-0.39, 0.29) is 13.2 Å². The summed E-state index contributed by atoms with van der Waals surface area (Å²) in [6, 6.07) is 0. The lowest BCUT2D eigenvalue weighted by Crippen LogP contribution is -2.21. The van der Waals surface area contributed by atoms with E-state index in [0.717, 1.165) is 0 Å². The third kappa shape index (κ3) is 4.79. The van der Waals surface area contributed by atoms with E-state index in [2.05, 4.69) is 9.88 Å². The first-order chi connectivity index (χ1) is 9.65. The van der Waals surface area contributed by atoms with E-state index in [9.17, 15) is 30.4 Å². The van der Waals surface area contributed by atoms with E-state index in [4.69, 9.17) is 4.74 Å². The number of sulfonamides is 1. The summed E-state index contributed by atoms with van der Waals surface area (Å²) in [6.45, 7) is -1.20. The summed E-state index contributed by atoms with van der Waals surface area (Å²) in [5, 5.41) is 4.67. The molecule has 120 valence electrons. The summed E-state index contributed by atoms with van der Waals surface area (Å²) in [5.74, 6) is -12.7. The van der Waals surface area contributed by atoms with Gasteiger partial charge in [-0.15, -0.1) is 0 Å². The van der Waals surface area contributed by atoms with E-state index in [1.165, 1.54) is 0 Å². The fourth-order valence-corrected chi connectivity index (χ4v) is 1.54. The molecule has 0 radical (unpaired) electrons. The van der Waals surface area contributed by atoms with Gasteiger partial charge in [-0.05, 0) is 0 Å². The van der Waals surface area contributed by atoms with Gasteiger partial charge in [-0.3, -0.25) is 0 Å². The molecule has 0 heterocycles. The largest absolute Gasteiger partial charge is 0.485 e. The van der Waals surface area contributed by atoms with Crippen LogP contribution >= 0.6 is 0 Å². The minimum atomic E-state index is -3.72. The highest BCUT2D eigenvalue weighted by molar-refractivity contribution is 7.89. The molecule has 5 nitrogen and oxygen atoms in total. The summed E-state index contributed by atoms with van der Waals surface area (Å²) in [7, 11) is -3.72. The van der Waals surface area contributed by atoms with Crippen LogP contribution in [0.25, 0.3) is 0 Å². The van der Waals surface area contributed by atoms with Crippen LogP contribution in [0.5, 0.6) is 5.75 Å². The smallest absolute Gasteiger partial charge is 0.211 e. The predicted octanol–water partition coefficient (Wildman–Crippen LogP) is 1.07. The first kappa shape index (κ1) is 17.6. The maximum Gasteiger partial charge on any atom is 0.211 e. The number of benzene rings is 1. The lowest BCUT2D eigenvalue weighted by atomic mass is 10.2. The molecule has 1 aromatic carbocycles. The van der Waals surface area contributed by atoms with E-state index < -0.39 is 57.2 Å². The highest BCUT2D eigenvalue weighted by atomic mass is 32.2. The maximum atomic E-state index is 13.2. The van der Waals surface area contributed by atoms with Gasteiger partial charge in [-0.1, -0.05) is 0 Å². The Morgan fingerprint density at radius 2 is 1.29 bits per heavy atom. The quantitative estimate of drug-likeness (QED) is 0.350.